The van der Waals surface area contributed by atoms with Crippen molar-refractivity contribution in [2.45, 2.75) is 97.9 Å². The molecule has 118 valence electrons. The second-order valence-corrected chi connectivity index (χ2v) is 10.2. The fourth-order valence-electron chi connectivity index (χ4n) is 5.79. The first-order valence-corrected chi connectivity index (χ1v) is 8.09. The summed E-state index contributed by atoms with van der Waals surface area (Å²) in [5.41, 5.74) is -0.599. The summed E-state index contributed by atoms with van der Waals surface area (Å²) in [5, 5.41) is 11.5. The lowest BCUT2D eigenvalue weighted by atomic mass is 9.54. The van der Waals surface area contributed by atoms with Crippen molar-refractivity contribution in [3.63, 3.8) is 0 Å². The summed E-state index contributed by atoms with van der Waals surface area (Å²) in [6.07, 6.45) is 3.90. The molecule has 0 aromatic carbocycles. The second-order valence-electron chi connectivity index (χ2n) is 10.2. The topological polar surface area (TPSA) is 29.5 Å². The maximum absolute atomic E-state index is 11.5. The number of rotatable bonds is 1. The fourth-order valence-corrected chi connectivity index (χ4v) is 5.79. The van der Waals surface area contributed by atoms with Crippen LogP contribution in [0.2, 0.25) is 0 Å². The van der Waals surface area contributed by atoms with E-state index < -0.39 is 5.60 Å². The highest BCUT2D eigenvalue weighted by Gasteiger charge is 2.59. The van der Waals surface area contributed by atoms with Gasteiger partial charge in [-0.1, -0.05) is 27.7 Å². The smallest absolute Gasteiger partial charge is 0.0714 e. The van der Waals surface area contributed by atoms with E-state index in [1.54, 1.807) is 0 Å². The van der Waals surface area contributed by atoms with Crippen molar-refractivity contribution in [1.29, 1.82) is 0 Å². The van der Waals surface area contributed by atoms with E-state index in [0.29, 0.717) is 0 Å². The largest absolute Gasteiger partial charge is 0.389 e. The van der Waals surface area contributed by atoms with Crippen LogP contribution in [0.1, 0.15) is 81.1 Å². The highest BCUT2D eigenvalue weighted by atomic mass is 16.5. The molecule has 0 spiro atoms. The minimum absolute atomic E-state index is 0.129. The molecule has 1 heterocycles. The van der Waals surface area contributed by atoms with Gasteiger partial charge in [-0.2, -0.15) is 0 Å². The summed E-state index contributed by atoms with van der Waals surface area (Å²) in [6.45, 7) is 17.8. The molecule has 1 aliphatic heterocycles. The van der Waals surface area contributed by atoms with Gasteiger partial charge in [0.1, 0.15) is 0 Å². The van der Waals surface area contributed by atoms with E-state index in [2.05, 4.69) is 55.4 Å². The van der Waals surface area contributed by atoms with Crippen LogP contribution in [0, 0.1) is 16.7 Å². The average Bonchev–Trinajstić information content (AvgIpc) is 2.27. The Morgan fingerprint density at radius 2 is 1.25 bits per heavy atom. The van der Waals surface area contributed by atoms with Crippen LogP contribution in [0.3, 0.4) is 0 Å². The third-order valence-electron chi connectivity index (χ3n) is 5.25. The third-order valence-corrected chi connectivity index (χ3v) is 5.25. The van der Waals surface area contributed by atoms with Crippen molar-refractivity contribution in [2.24, 2.45) is 16.7 Å². The molecule has 1 saturated heterocycles. The Morgan fingerprint density at radius 3 is 1.60 bits per heavy atom. The molecule has 1 aliphatic carbocycles. The molecule has 0 amide bonds. The Morgan fingerprint density at radius 1 is 0.800 bits per heavy atom. The van der Waals surface area contributed by atoms with Gasteiger partial charge < -0.3 is 9.84 Å². The van der Waals surface area contributed by atoms with Gasteiger partial charge in [0.25, 0.3) is 0 Å². The van der Waals surface area contributed by atoms with Crippen molar-refractivity contribution >= 4 is 0 Å². The maximum Gasteiger partial charge on any atom is 0.0714 e. The average molecular weight is 282 g/mol. The molecule has 0 radical (unpaired) electrons. The van der Waals surface area contributed by atoms with E-state index in [4.69, 9.17) is 4.74 Å². The molecule has 1 unspecified atom stereocenters. The normalized spacial score (nSPS) is 36.8. The lowest BCUT2D eigenvalue weighted by Gasteiger charge is -2.53. The predicted octanol–water partition coefficient (Wildman–Crippen LogP) is 4.55. The highest BCUT2D eigenvalue weighted by molar-refractivity contribution is 5.09. The zero-order valence-corrected chi connectivity index (χ0v) is 14.8. The molecule has 0 aromatic heterocycles. The molecule has 1 atom stereocenters. The Bertz CT molecular complexity index is 374. The van der Waals surface area contributed by atoms with Crippen LogP contribution in [-0.4, -0.2) is 21.9 Å². The first-order chi connectivity index (χ1) is 8.67. The Labute approximate surface area is 125 Å². The molecule has 2 nitrogen and oxygen atoms in total. The number of ether oxygens (including phenoxy) is 1. The van der Waals surface area contributed by atoms with Gasteiger partial charge in [0.2, 0.25) is 0 Å². The van der Waals surface area contributed by atoms with E-state index in [0.717, 1.165) is 19.3 Å². The van der Waals surface area contributed by atoms with Crippen LogP contribution in [0.5, 0.6) is 0 Å². The monoisotopic (exact) mass is 282 g/mol. The van der Waals surface area contributed by atoms with Crippen LogP contribution >= 0.6 is 0 Å². The number of aliphatic hydroxyl groups is 1. The zero-order chi connectivity index (χ0) is 15.6. The summed E-state index contributed by atoms with van der Waals surface area (Å²) < 4.78 is 6.24. The fraction of sp³-hybridized carbons (Fsp3) is 1.00. The quantitative estimate of drug-likeness (QED) is 0.764. The lowest BCUT2D eigenvalue weighted by Crippen LogP contribution is -2.54. The molecule has 2 heteroatoms. The summed E-state index contributed by atoms with van der Waals surface area (Å²) in [7, 11) is 0. The number of hydrogen-bond acceptors (Lipinski definition) is 2. The second kappa shape index (κ2) is 4.23. The van der Waals surface area contributed by atoms with Crippen LogP contribution in [0.15, 0.2) is 0 Å². The van der Waals surface area contributed by atoms with Crippen LogP contribution in [-0.2, 0) is 4.74 Å². The van der Waals surface area contributed by atoms with Crippen molar-refractivity contribution in [2.75, 3.05) is 0 Å². The lowest BCUT2D eigenvalue weighted by molar-refractivity contribution is -0.158. The minimum Gasteiger partial charge on any atom is -0.389 e. The first-order valence-electron chi connectivity index (χ1n) is 8.09. The van der Waals surface area contributed by atoms with Crippen molar-refractivity contribution in [1.82, 2.24) is 0 Å². The predicted molar refractivity (Wildman–Crippen MR) is 83.7 cm³/mol. The third kappa shape index (κ3) is 3.06. The number of hydrogen-bond donors (Lipinski definition) is 1. The standard InChI is InChI=1S/C18H34O2/c1-14(2)10-15(3,4)12-18(19,11-14)13-9-16(5,6)20-17(13,7)8/h13,19H,9-12H2,1-8H3. The maximum atomic E-state index is 11.5. The molecular formula is C18H34O2. The summed E-state index contributed by atoms with van der Waals surface area (Å²) in [6, 6.07) is 0. The zero-order valence-electron chi connectivity index (χ0n) is 14.8. The van der Waals surface area contributed by atoms with Crippen molar-refractivity contribution < 1.29 is 9.84 Å². The summed E-state index contributed by atoms with van der Waals surface area (Å²) in [5.74, 6) is 0.212. The Balaban J connectivity index is 2.35. The highest BCUT2D eigenvalue weighted by Crippen LogP contribution is 2.58. The molecule has 0 aromatic rings. The Kier molecular flexibility index (Phi) is 3.44. The van der Waals surface area contributed by atoms with Gasteiger partial charge in [-0.15, -0.1) is 0 Å². The van der Waals surface area contributed by atoms with Crippen LogP contribution in [0.25, 0.3) is 0 Å². The van der Waals surface area contributed by atoms with Gasteiger partial charge in [0.05, 0.1) is 16.8 Å². The van der Waals surface area contributed by atoms with Crippen molar-refractivity contribution in [3.8, 4) is 0 Å². The minimum atomic E-state index is -0.609. The SMILES string of the molecule is CC1(C)CC(C)(C)CC(O)(C2CC(C)(C)OC2(C)C)C1. The van der Waals surface area contributed by atoms with E-state index in [9.17, 15) is 5.11 Å². The van der Waals surface area contributed by atoms with Crippen LogP contribution in [0.4, 0.5) is 0 Å². The van der Waals surface area contributed by atoms with Gasteiger partial charge in [-0.25, -0.2) is 0 Å². The van der Waals surface area contributed by atoms with E-state index in [1.807, 2.05) is 0 Å². The summed E-state index contributed by atoms with van der Waals surface area (Å²) in [4.78, 5) is 0. The molecule has 0 bridgehead atoms. The molecule has 2 aliphatic rings. The van der Waals surface area contributed by atoms with E-state index in [-0.39, 0.29) is 27.9 Å². The molecule has 1 N–H and O–H groups in total. The van der Waals surface area contributed by atoms with Crippen LogP contribution < -0.4 is 0 Å². The summed E-state index contributed by atoms with van der Waals surface area (Å²) >= 11 is 0. The van der Waals surface area contributed by atoms with Crippen molar-refractivity contribution in [3.05, 3.63) is 0 Å². The molecule has 1 saturated carbocycles. The van der Waals surface area contributed by atoms with Gasteiger partial charge in [-0.05, 0) is 64.2 Å². The van der Waals surface area contributed by atoms with Gasteiger partial charge >= 0.3 is 0 Å². The van der Waals surface area contributed by atoms with Gasteiger partial charge in [0.15, 0.2) is 0 Å². The molecule has 2 fully saturated rings. The van der Waals surface area contributed by atoms with Gasteiger partial charge in [-0.3, -0.25) is 0 Å². The van der Waals surface area contributed by atoms with E-state index in [1.165, 1.54) is 6.42 Å². The molecular weight excluding hydrogens is 248 g/mol. The molecule has 20 heavy (non-hydrogen) atoms. The molecule has 2 rings (SSSR count). The van der Waals surface area contributed by atoms with E-state index >= 15 is 0 Å². The van der Waals surface area contributed by atoms with Gasteiger partial charge in [0, 0.05) is 5.92 Å². The first kappa shape index (κ1) is 16.3. The Hall–Kier alpha value is -0.0800.